The second-order valence-electron chi connectivity index (χ2n) is 3.90. The molecule has 0 aliphatic rings. The number of fused-ring (bicyclic) bond motifs is 1. The van der Waals surface area contributed by atoms with Crippen LogP contribution in [-0.2, 0) is 6.61 Å². The van der Waals surface area contributed by atoms with Gasteiger partial charge in [0.1, 0.15) is 6.61 Å². The van der Waals surface area contributed by atoms with Gasteiger partial charge in [0.05, 0.1) is 5.02 Å². The Morgan fingerprint density at radius 3 is 2.89 bits per heavy atom. The smallest absolute Gasteiger partial charge is 0.189 e. The van der Waals surface area contributed by atoms with Crippen LogP contribution in [0.3, 0.4) is 0 Å². The van der Waals surface area contributed by atoms with Crippen LogP contribution >= 0.6 is 11.6 Å². The largest absolute Gasteiger partial charge is 0.482 e. The van der Waals surface area contributed by atoms with Crippen LogP contribution in [0.2, 0.25) is 5.02 Å². The van der Waals surface area contributed by atoms with Crippen LogP contribution in [0.4, 0.5) is 4.39 Å². The Morgan fingerprint density at radius 1 is 1.21 bits per heavy atom. The van der Waals surface area contributed by atoms with Crippen molar-refractivity contribution in [1.82, 2.24) is 14.6 Å². The number of aromatic nitrogens is 3. The highest BCUT2D eigenvalue weighted by molar-refractivity contribution is 6.30. The molecule has 3 rings (SSSR count). The Labute approximate surface area is 113 Å². The molecule has 0 saturated carbocycles. The van der Waals surface area contributed by atoms with Crippen LogP contribution in [0.15, 0.2) is 42.6 Å². The van der Waals surface area contributed by atoms with E-state index in [-0.39, 0.29) is 12.4 Å². The maximum Gasteiger partial charge on any atom is 0.189 e. The fourth-order valence-electron chi connectivity index (χ4n) is 1.67. The molecule has 0 atom stereocenters. The first-order valence-electron chi connectivity index (χ1n) is 5.60. The Kier molecular flexibility index (Phi) is 3.05. The average molecular weight is 278 g/mol. The standard InChI is InChI=1S/C13H9ClFN3O/c14-9-5-6-13-16-12(17-18(13)7-9)8-19-11-4-2-1-3-10(11)15/h1-7H,8H2. The number of rotatable bonds is 3. The molecule has 2 heterocycles. The highest BCUT2D eigenvalue weighted by Gasteiger charge is 2.07. The molecule has 0 aliphatic heterocycles. The number of para-hydroxylation sites is 1. The first-order valence-corrected chi connectivity index (χ1v) is 5.98. The Balaban J connectivity index is 1.80. The third kappa shape index (κ3) is 2.51. The summed E-state index contributed by atoms with van der Waals surface area (Å²) in [5.41, 5.74) is 0.663. The maximum absolute atomic E-state index is 13.4. The van der Waals surface area contributed by atoms with E-state index < -0.39 is 5.82 Å². The second kappa shape index (κ2) is 4.85. The molecule has 19 heavy (non-hydrogen) atoms. The van der Waals surface area contributed by atoms with Gasteiger partial charge in [-0.15, -0.1) is 5.10 Å². The van der Waals surface area contributed by atoms with E-state index in [4.69, 9.17) is 16.3 Å². The van der Waals surface area contributed by atoms with Gasteiger partial charge in [0.25, 0.3) is 0 Å². The predicted molar refractivity (Wildman–Crippen MR) is 68.7 cm³/mol. The van der Waals surface area contributed by atoms with E-state index in [1.165, 1.54) is 6.07 Å². The molecule has 2 aromatic heterocycles. The highest BCUT2D eigenvalue weighted by Crippen LogP contribution is 2.17. The van der Waals surface area contributed by atoms with E-state index in [1.54, 1.807) is 41.0 Å². The lowest BCUT2D eigenvalue weighted by molar-refractivity contribution is 0.281. The summed E-state index contributed by atoms with van der Waals surface area (Å²) in [6.45, 7) is 0.0975. The van der Waals surface area contributed by atoms with Crippen LogP contribution in [0.1, 0.15) is 5.82 Å². The van der Waals surface area contributed by atoms with E-state index in [0.29, 0.717) is 16.5 Å². The molecular formula is C13H9ClFN3O. The first-order chi connectivity index (χ1) is 9.22. The minimum atomic E-state index is -0.408. The summed E-state index contributed by atoms with van der Waals surface area (Å²) < 4.78 is 20.3. The number of benzene rings is 1. The van der Waals surface area contributed by atoms with Crippen LogP contribution in [0, 0.1) is 5.82 Å². The number of hydrogen-bond acceptors (Lipinski definition) is 3. The van der Waals surface area contributed by atoms with Crippen molar-refractivity contribution >= 4 is 17.2 Å². The lowest BCUT2D eigenvalue weighted by atomic mass is 10.3. The zero-order chi connectivity index (χ0) is 13.2. The van der Waals surface area contributed by atoms with E-state index >= 15 is 0 Å². The molecule has 0 unspecified atom stereocenters. The molecule has 96 valence electrons. The molecule has 4 nitrogen and oxygen atoms in total. The van der Waals surface area contributed by atoms with E-state index in [2.05, 4.69) is 10.1 Å². The SMILES string of the molecule is Fc1ccccc1OCc1nc2ccc(Cl)cn2n1. The Hall–Kier alpha value is -2.14. The summed E-state index contributed by atoms with van der Waals surface area (Å²) >= 11 is 5.85. The van der Waals surface area contributed by atoms with Gasteiger partial charge < -0.3 is 4.74 Å². The minimum Gasteiger partial charge on any atom is -0.482 e. The number of hydrogen-bond donors (Lipinski definition) is 0. The topological polar surface area (TPSA) is 39.4 Å². The molecule has 0 aliphatic carbocycles. The molecule has 3 aromatic rings. The van der Waals surface area contributed by atoms with Gasteiger partial charge in [-0.2, -0.15) is 0 Å². The third-order valence-electron chi connectivity index (χ3n) is 2.53. The molecule has 0 saturated heterocycles. The quantitative estimate of drug-likeness (QED) is 0.738. The predicted octanol–water partition coefficient (Wildman–Crippen LogP) is 3.10. The van der Waals surface area contributed by atoms with E-state index in [9.17, 15) is 4.39 Å². The first kappa shape index (κ1) is 11.9. The van der Waals surface area contributed by atoms with Crippen LogP contribution in [0.25, 0.3) is 5.65 Å². The zero-order valence-electron chi connectivity index (χ0n) is 9.75. The van der Waals surface area contributed by atoms with Gasteiger partial charge in [0.15, 0.2) is 23.0 Å². The summed E-state index contributed by atoms with van der Waals surface area (Å²) in [6, 6.07) is 9.69. The second-order valence-corrected chi connectivity index (χ2v) is 4.33. The van der Waals surface area contributed by atoms with Crippen molar-refractivity contribution in [3.8, 4) is 5.75 Å². The summed E-state index contributed by atoms with van der Waals surface area (Å²) in [5, 5.41) is 4.76. The van der Waals surface area contributed by atoms with Gasteiger partial charge in [-0.1, -0.05) is 23.7 Å². The molecular weight excluding hydrogens is 269 g/mol. The highest BCUT2D eigenvalue weighted by atomic mass is 35.5. The molecule has 0 N–H and O–H groups in total. The maximum atomic E-state index is 13.4. The molecule has 0 amide bonds. The van der Waals surface area contributed by atoms with Crippen molar-refractivity contribution in [2.24, 2.45) is 0 Å². The van der Waals surface area contributed by atoms with Crippen molar-refractivity contribution in [1.29, 1.82) is 0 Å². The molecule has 6 heteroatoms. The van der Waals surface area contributed by atoms with Crippen molar-refractivity contribution in [2.45, 2.75) is 6.61 Å². The molecule has 1 aromatic carbocycles. The normalized spacial score (nSPS) is 10.8. The number of ether oxygens (including phenoxy) is 1. The molecule has 0 fully saturated rings. The van der Waals surface area contributed by atoms with Gasteiger partial charge in [-0.25, -0.2) is 13.9 Å². The van der Waals surface area contributed by atoms with Gasteiger partial charge in [-0.05, 0) is 24.3 Å². The van der Waals surface area contributed by atoms with Crippen molar-refractivity contribution < 1.29 is 9.13 Å². The summed E-state index contributed by atoms with van der Waals surface area (Å²) in [6.07, 6.45) is 1.65. The van der Waals surface area contributed by atoms with Gasteiger partial charge in [0.2, 0.25) is 0 Å². The Morgan fingerprint density at radius 2 is 2.05 bits per heavy atom. The van der Waals surface area contributed by atoms with Crippen molar-refractivity contribution in [3.05, 3.63) is 59.3 Å². The van der Waals surface area contributed by atoms with E-state index in [1.807, 2.05) is 0 Å². The van der Waals surface area contributed by atoms with Crippen molar-refractivity contribution in [3.63, 3.8) is 0 Å². The molecule has 0 bridgehead atoms. The average Bonchev–Trinajstić information content (AvgIpc) is 2.79. The fraction of sp³-hybridized carbons (Fsp3) is 0.0769. The third-order valence-corrected chi connectivity index (χ3v) is 2.76. The van der Waals surface area contributed by atoms with Crippen LogP contribution < -0.4 is 4.74 Å². The number of nitrogens with zero attached hydrogens (tertiary/aromatic N) is 3. The van der Waals surface area contributed by atoms with Gasteiger partial charge in [-0.3, -0.25) is 0 Å². The monoisotopic (exact) mass is 277 g/mol. The van der Waals surface area contributed by atoms with Crippen LogP contribution in [0.5, 0.6) is 5.75 Å². The molecule has 0 spiro atoms. The molecule has 0 radical (unpaired) electrons. The number of pyridine rings is 1. The zero-order valence-corrected chi connectivity index (χ0v) is 10.5. The number of halogens is 2. The fourth-order valence-corrected chi connectivity index (χ4v) is 1.82. The summed E-state index contributed by atoms with van der Waals surface area (Å²) in [7, 11) is 0. The Bertz CT molecular complexity index is 729. The van der Waals surface area contributed by atoms with E-state index in [0.717, 1.165) is 0 Å². The minimum absolute atomic E-state index is 0.0975. The van der Waals surface area contributed by atoms with Crippen molar-refractivity contribution in [2.75, 3.05) is 0 Å². The summed E-state index contributed by atoms with van der Waals surface area (Å²) in [5.74, 6) is 0.235. The lowest BCUT2D eigenvalue weighted by Crippen LogP contribution is -1.99. The van der Waals surface area contributed by atoms with Gasteiger partial charge in [0, 0.05) is 6.20 Å². The van der Waals surface area contributed by atoms with Crippen LogP contribution in [-0.4, -0.2) is 14.6 Å². The lowest BCUT2D eigenvalue weighted by Gasteiger charge is -2.03. The summed E-state index contributed by atoms with van der Waals surface area (Å²) in [4.78, 5) is 4.24. The van der Waals surface area contributed by atoms with Gasteiger partial charge >= 0.3 is 0 Å².